The number of aromatic nitrogens is 2. The Morgan fingerprint density at radius 1 is 1.19 bits per heavy atom. The molecule has 1 aromatic carbocycles. The van der Waals surface area contributed by atoms with Gasteiger partial charge in [0, 0.05) is 24.0 Å². The van der Waals surface area contributed by atoms with E-state index < -0.39 is 0 Å². The molecule has 0 amide bonds. The fourth-order valence-electron chi connectivity index (χ4n) is 2.89. The molecule has 110 valence electrons. The fraction of sp³-hybridized carbons (Fsp3) is 0.412. The van der Waals surface area contributed by atoms with Gasteiger partial charge in [0.15, 0.2) is 5.82 Å². The van der Waals surface area contributed by atoms with Crippen molar-refractivity contribution in [1.82, 2.24) is 9.55 Å². The lowest BCUT2D eigenvalue weighted by molar-refractivity contribution is 0.383. The minimum absolute atomic E-state index is 0.0547. The van der Waals surface area contributed by atoms with E-state index in [9.17, 15) is 4.79 Å². The van der Waals surface area contributed by atoms with E-state index in [2.05, 4.69) is 34.6 Å². The molecule has 0 saturated heterocycles. The summed E-state index contributed by atoms with van der Waals surface area (Å²) in [6.45, 7) is 6.05. The van der Waals surface area contributed by atoms with Crippen molar-refractivity contribution in [2.24, 2.45) is 0 Å². The second-order valence-electron chi connectivity index (χ2n) is 6.64. The Labute approximate surface area is 124 Å². The van der Waals surface area contributed by atoms with Gasteiger partial charge in [-0.25, -0.2) is 4.98 Å². The lowest BCUT2D eigenvalue weighted by atomic mass is 10.1. The third-order valence-corrected chi connectivity index (χ3v) is 3.96. The highest BCUT2D eigenvalue weighted by Gasteiger charge is 2.23. The van der Waals surface area contributed by atoms with E-state index in [-0.39, 0.29) is 17.1 Å². The van der Waals surface area contributed by atoms with Crippen molar-refractivity contribution in [3.05, 3.63) is 58.1 Å². The topological polar surface area (TPSA) is 46.9 Å². The maximum absolute atomic E-state index is 12.5. The third-order valence-electron chi connectivity index (χ3n) is 3.96. The molecule has 0 aliphatic heterocycles. The first-order valence-electron chi connectivity index (χ1n) is 7.36. The second-order valence-corrected chi connectivity index (χ2v) is 6.64. The molecule has 0 bridgehead atoms. The summed E-state index contributed by atoms with van der Waals surface area (Å²) in [6, 6.07) is 8.69. The lowest BCUT2D eigenvalue weighted by Crippen LogP contribution is -2.36. The average Bonchev–Trinajstić information content (AvgIpc) is 2.82. The van der Waals surface area contributed by atoms with Gasteiger partial charge in [-0.3, -0.25) is 4.79 Å². The molecule has 0 radical (unpaired) electrons. The van der Waals surface area contributed by atoms with E-state index in [1.165, 1.54) is 11.1 Å². The van der Waals surface area contributed by atoms with Crippen molar-refractivity contribution in [2.75, 3.05) is 5.32 Å². The van der Waals surface area contributed by atoms with Crippen LogP contribution in [0.2, 0.25) is 0 Å². The molecule has 0 spiro atoms. The first-order valence-corrected chi connectivity index (χ1v) is 7.36. The van der Waals surface area contributed by atoms with Crippen LogP contribution < -0.4 is 10.9 Å². The number of fused-ring (bicyclic) bond motifs is 1. The van der Waals surface area contributed by atoms with Crippen LogP contribution in [0, 0.1) is 0 Å². The Hall–Kier alpha value is -2.10. The summed E-state index contributed by atoms with van der Waals surface area (Å²) < 4.78 is 1.73. The first-order chi connectivity index (χ1) is 9.95. The minimum atomic E-state index is -0.241. The van der Waals surface area contributed by atoms with E-state index in [4.69, 9.17) is 0 Å². The highest BCUT2D eigenvalue weighted by atomic mass is 16.1. The van der Waals surface area contributed by atoms with Gasteiger partial charge in [-0.2, -0.15) is 0 Å². The van der Waals surface area contributed by atoms with Crippen LogP contribution in [0.4, 0.5) is 5.82 Å². The Morgan fingerprint density at radius 2 is 1.81 bits per heavy atom. The van der Waals surface area contributed by atoms with Gasteiger partial charge < -0.3 is 9.88 Å². The molecule has 2 aromatic rings. The predicted molar refractivity (Wildman–Crippen MR) is 84.8 cm³/mol. The number of rotatable bonds is 2. The van der Waals surface area contributed by atoms with E-state index in [1.54, 1.807) is 17.0 Å². The zero-order chi connectivity index (χ0) is 15.0. The number of hydrogen-bond acceptors (Lipinski definition) is 3. The standard InChI is InChI=1S/C17H21N3O/c1-17(2,3)20-9-8-18-15(16(20)21)19-14-10-12-6-4-5-7-13(12)11-14/h4-9,14H,10-11H2,1-3H3,(H,18,19). The summed E-state index contributed by atoms with van der Waals surface area (Å²) in [6.07, 6.45) is 5.33. The van der Waals surface area contributed by atoms with Gasteiger partial charge in [-0.1, -0.05) is 24.3 Å². The molecule has 21 heavy (non-hydrogen) atoms. The summed E-state index contributed by atoms with van der Waals surface area (Å²) in [5.41, 5.74) is 2.43. The van der Waals surface area contributed by atoms with Crippen molar-refractivity contribution in [3.8, 4) is 0 Å². The summed E-state index contributed by atoms with van der Waals surface area (Å²) in [5.74, 6) is 0.449. The van der Waals surface area contributed by atoms with Crippen molar-refractivity contribution in [3.63, 3.8) is 0 Å². The zero-order valence-electron chi connectivity index (χ0n) is 12.8. The number of nitrogens with one attached hydrogen (secondary N) is 1. The molecular weight excluding hydrogens is 262 g/mol. The van der Waals surface area contributed by atoms with Crippen molar-refractivity contribution in [2.45, 2.75) is 45.2 Å². The molecular formula is C17H21N3O. The maximum Gasteiger partial charge on any atom is 0.293 e. The van der Waals surface area contributed by atoms with Crippen LogP contribution in [0.15, 0.2) is 41.5 Å². The summed E-state index contributed by atoms with van der Waals surface area (Å²) in [7, 11) is 0. The molecule has 1 aliphatic rings. The largest absolute Gasteiger partial charge is 0.362 e. The van der Waals surface area contributed by atoms with Crippen LogP contribution in [0.25, 0.3) is 0 Å². The highest BCUT2D eigenvalue weighted by Crippen LogP contribution is 2.23. The molecule has 1 aromatic heterocycles. The highest BCUT2D eigenvalue weighted by molar-refractivity contribution is 5.40. The molecule has 0 fully saturated rings. The molecule has 0 atom stereocenters. The van der Waals surface area contributed by atoms with Crippen LogP contribution >= 0.6 is 0 Å². The van der Waals surface area contributed by atoms with E-state index >= 15 is 0 Å². The van der Waals surface area contributed by atoms with Gasteiger partial charge >= 0.3 is 0 Å². The van der Waals surface area contributed by atoms with Crippen LogP contribution in [-0.4, -0.2) is 15.6 Å². The molecule has 0 unspecified atom stereocenters. The third kappa shape index (κ3) is 2.71. The Kier molecular flexibility index (Phi) is 3.32. The maximum atomic E-state index is 12.5. The number of hydrogen-bond donors (Lipinski definition) is 1. The molecule has 4 heteroatoms. The zero-order valence-corrected chi connectivity index (χ0v) is 12.8. The molecule has 4 nitrogen and oxygen atoms in total. The van der Waals surface area contributed by atoms with Crippen molar-refractivity contribution >= 4 is 5.82 Å². The molecule has 3 rings (SSSR count). The van der Waals surface area contributed by atoms with Crippen LogP contribution in [0.5, 0.6) is 0 Å². The van der Waals surface area contributed by atoms with E-state index in [1.807, 2.05) is 20.8 Å². The SMILES string of the molecule is CC(C)(C)n1ccnc(NC2Cc3ccccc3C2)c1=O. The van der Waals surface area contributed by atoms with E-state index in [0.717, 1.165) is 12.8 Å². The van der Waals surface area contributed by atoms with Gasteiger partial charge in [-0.05, 0) is 44.7 Å². The lowest BCUT2D eigenvalue weighted by Gasteiger charge is -2.23. The second kappa shape index (κ2) is 5.02. The normalized spacial score (nSPS) is 15.0. The van der Waals surface area contributed by atoms with Crippen LogP contribution in [-0.2, 0) is 18.4 Å². The van der Waals surface area contributed by atoms with Crippen molar-refractivity contribution in [1.29, 1.82) is 0 Å². The van der Waals surface area contributed by atoms with Gasteiger partial charge in [0.05, 0.1) is 0 Å². The van der Waals surface area contributed by atoms with Gasteiger partial charge in [0.1, 0.15) is 0 Å². The van der Waals surface area contributed by atoms with Crippen LogP contribution in [0.3, 0.4) is 0 Å². The minimum Gasteiger partial charge on any atom is -0.362 e. The Balaban J connectivity index is 1.83. The van der Waals surface area contributed by atoms with Gasteiger partial charge in [0.2, 0.25) is 0 Å². The van der Waals surface area contributed by atoms with Gasteiger partial charge in [0.25, 0.3) is 5.56 Å². The van der Waals surface area contributed by atoms with Crippen molar-refractivity contribution < 1.29 is 0 Å². The smallest absolute Gasteiger partial charge is 0.293 e. The van der Waals surface area contributed by atoms with E-state index in [0.29, 0.717) is 5.82 Å². The quantitative estimate of drug-likeness (QED) is 0.921. The fourth-order valence-corrected chi connectivity index (χ4v) is 2.89. The molecule has 1 heterocycles. The Morgan fingerprint density at radius 3 is 2.38 bits per heavy atom. The molecule has 1 N–H and O–H groups in total. The van der Waals surface area contributed by atoms with Gasteiger partial charge in [-0.15, -0.1) is 0 Å². The number of benzene rings is 1. The monoisotopic (exact) mass is 283 g/mol. The first kappa shape index (κ1) is 13.9. The summed E-state index contributed by atoms with van der Waals surface area (Å²) in [5, 5.41) is 3.32. The average molecular weight is 283 g/mol. The molecule has 1 aliphatic carbocycles. The predicted octanol–water partition coefficient (Wildman–Crippen LogP) is 2.58. The Bertz CT molecular complexity index is 687. The summed E-state index contributed by atoms with van der Waals surface area (Å²) in [4.78, 5) is 16.7. The molecule has 0 saturated carbocycles. The number of nitrogens with zero attached hydrogens (tertiary/aromatic N) is 2. The van der Waals surface area contributed by atoms with Crippen LogP contribution in [0.1, 0.15) is 31.9 Å². The number of anilines is 1. The summed E-state index contributed by atoms with van der Waals surface area (Å²) >= 11 is 0.